The molecule has 0 heterocycles. The largest absolute Gasteiger partial charge is 0.479 e. The highest BCUT2D eigenvalue weighted by Crippen LogP contribution is 2.25. The van der Waals surface area contributed by atoms with Crippen LogP contribution in [0.4, 0.5) is 0 Å². The van der Waals surface area contributed by atoms with E-state index in [0.29, 0.717) is 0 Å². The molecule has 0 spiro atoms. The lowest BCUT2D eigenvalue weighted by Crippen LogP contribution is -2.54. The summed E-state index contributed by atoms with van der Waals surface area (Å²) in [7, 11) is 0. The maximum Gasteiger partial charge on any atom is 0.343 e. The molecule has 3 N–H and O–H groups in total. The molecule has 1 aromatic rings. The van der Waals surface area contributed by atoms with Gasteiger partial charge < -0.3 is 15.6 Å². The number of halogens is 1. The maximum atomic E-state index is 12.1. The van der Waals surface area contributed by atoms with Crippen molar-refractivity contribution >= 4 is 27.9 Å². The molecule has 0 aromatic heterocycles. The number of ether oxygens (including phenoxy) is 1. The van der Waals surface area contributed by atoms with E-state index in [1.54, 1.807) is 32.9 Å². The second-order valence-electron chi connectivity index (χ2n) is 5.12. The molecule has 1 aromatic carbocycles. The number of esters is 1. The molecule has 0 amide bonds. The number of carbonyl (C=O) groups is 2. The number of aliphatic carboxylic acids is 1. The summed E-state index contributed by atoms with van der Waals surface area (Å²) in [5.74, 6) is -2.45. The van der Waals surface area contributed by atoms with Gasteiger partial charge in [0.25, 0.3) is 0 Å². The van der Waals surface area contributed by atoms with Crippen molar-refractivity contribution in [2.24, 2.45) is 5.73 Å². The van der Waals surface area contributed by atoms with Crippen molar-refractivity contribution in [3.63, 3.8) is 0 Å². The Morgan fingerprint density at radius 1 is 1.21 bits per heavy atom. The van der Waals surface area contributed by atoms with Crippen LogP contribution in [0.15, 0.2) is 28.7 Å². The van der Waals surface area contributed by atoms with E-state index in [1.807, 2.05) is 0 Å². The van der Waals surface area contributed by atoms with Crippen molar-refractivity contribution < 1.29 is 19.4 Å². The van der Waals surface area contributed by atoms with Gasteiger partial charge in [-0.15, -0.1) is 0 Å². The van der Waals surface area contributed by atoms with Crippen LogP contribution in [-0.4, -0.2) is 22.6 Å². The fourth-order valence-electron chi connectivity index (χ4n) is 1.40. The summed E-state index contributed by atoms with van der Waals surface area (Å²) in [5.41, 5.74) is 2.91. The molecule has 5 nitrogen and oxygen atoms in total. The smallest absolute Gasteiger partial charge is 0.343 e. The maximum absolute atomic E-state index is 12.1. The van der Waals surface area contributed by atoms with E-state index in [-0.39, 0.29) is 5.56 Å². The van der Waals surface area contributed by atoms with E-state index in [0.717, 1.165) is 4.47 Å². The number of hydrogen-bond donors (Lipinski definition) is 2. The minimum atomic E-state index is -2.21. The van der Waals surface area contributed by atoms with Crippen LogP contribution >= 0.6 is 15.9 Å². The molecule has 0 unspecified atom stereocenters. The van der Waals surface area contributed by atoms with Gasteiger partial charge in [0.15, 0.2) is 0 Å². The molecule has 0 saturated carbocycles. The van der Waals surface area contributed by atoms with Crippen LogP contribution in [0.25, 0.3) is 0 Å². The van der Waals surface area contributed by atoms with Gasteiger partial charge in [-0.05, 0) is 38.5 Å². The summed E-state index contributed by atoms with van der Waals surface area (Å²) in [6.07, 6.45) is 0. The van der Waals surface area contributed by atoms with Gasteiger partial charge in [-0.25, -0.2) is 9.59 Å². The average molecular weight is 330 g/mol. The molecule has 1 rings (SSSR count). The van der Waals surface area contributed by atoms with Gasteiger partial charge in [0.2, 0.25) is 5.54 Å². The second kappa shape index (κ2) is 5.30. The number of rotatable bonds is 3. The van der Waals surface area contributed by atoms with Crippen LogP contribution < -0.4 is 5.73 Å². The van der Waals surface area contributed by atoms with E-state index in [1.165, 1.54) is 12.1 Å². The molecule has 0 aliphatic rings. The lowest BCUT2D eigenvalue weighted by Gasteiger charge is -2.28. The molecule has 0 radical (unpaired) electrons. The molecule has 6 heteroatoms. The number of nitrogens with two attached hydrogens (primary N) is 1. The summed E-state index contributed by atoms with van der Waals surface area (Å²) >= 11 is 3.23. The molecule has 19 heavy (non-hydrogen) atoms. The number of carboxylic acids is 1. The minimum Gasteiger partial charge on any atom is -0.479 e. The third-order valence-electron chi connectivity index (χ3n) is 2.36. The van der Waals surface area contributed by atoms with Crippen LogP contribution in [0.5, 0.6) is 0 Å². The Kier molecular flexibility index (Phi) is 4.37. The number of benzene rings is 1. The SMILES string of the molecule is CC(C)(C)OC(=O)[C@](N)(C(=O)O)c1ccc(Br)cc1. The predicted molar refractivity (Wildman–Crippen MR) is 73.5 cm³/mol. The van der Waals surface area contributed by atoms with Gasteiger partial charge in [0, 0.05) is 4.47 Å². The van der Waals surface area contributed by atoms with Gasteiger partial charge in [0.05, 0.1) is 0 Å². The Morgan fingerprint density at radius 2 is 1.68 bits per heavy atom. The van der Waals surface area contributed by atoms with Crippen LogP contribution in [0.2, 0.25) is 0 Å². The first-order valence-electron chi connectivity index (χ1n) is 5.59. The number of hydrogen-bond acceptors (Lipinski definition) is 4. The summed E-state index contributed by atoms with van der Waals surface area (Å²) < 4.78 is 5.85. The zero-order valence-electron chi connectivity index (χ0n) is 10.9. The number of carbonyl (C=O) groups excluding carboxylic acids is 1. The zero-order valence-corrected chi connectivity index (χ0v) is 12.5. The first-order valence-corrected chi connectivity index (χ1v) is 6.38. The van der Waals surface area contributed by atoms with Gasteiger partial charge in [-0.1, -0.05) is 28.1 Å². The molecule has 104 valence electrons. The lowest BCUT2D eigenvalue weighted by atomic mass is 9.91. The summed E-state index contributed by atoms with van der Waals surface area (Å²) in [4.78, 5) is 23.5. The van der Waals surface area contributed by atoms with Crippen molar-refractivity contribution in [2.75, 3.05) is 0 Å². The van der Waals surface area contributed by atoms with Gasteiger partial charge >= 0.3 is 11.9 Å². The van der Waals surface area contributed by atoms with Crippen molar-refractivity contribution in [3.8, 4) is 0 Å². The first-order chi connectivity index (χ1) is 8.57. The number of carboxylic acid groups (broad SMARTS) is 1. The van der Waals surface area contributed by atoms with Crippen LogP contribution in [-0.2, 0) is 19.9 Å². The molecule has 0 aliphatic carbocycles. The van der Waals surface area contributed by atoms with Crippen molar-refractivity contribution in [2.45, 2.75) is 31.9 Å². The van der Waals surface area contributed by atoms with Crippen molar-refractivity contribution in [1.29, 1.82) is 0 Å². The molecule has 0 fully saturated rings. The van der Waals surface area contributed by atoms with E-state index in [4.69, 9.17) is 10.5 Å². The molecular weight excluding hydrogens is 314 g/mol. The van der Waals surface area contributed by atoms with Crippen LogP contribution in [0.3, 0.4) is 0 Å². The normalized spacial score (nSPS) is 14.6. The van der Waals surface area contributed by atoms with E-state index in [2.05, 4.69) is 15.9 Å². The summed E-state index contributed by atoms with van der Waals surface area (Å²) in [6.45, 7) is 4.94. The fourth-order valence-corrected chi connectivity index (χ4v) is 1.66. The van der Waals surface area contributed by atoms with Crippen molar-refractivity contribution in [1.82, 2.24) is 0 Å². The van der Waals surface area contributed by atoms with Gasteiger partial charge in [-0.2, -0.15) is 0 Å². The van der Waals surface area contributed by atoms with Crippen LogP contribution in [0, 0.1) is 0 Å². The Hall–Kier alpha value is -1.40. The summed E-state index contributed by atoms with van der Waals surface area (Å²) in [6, 6.07) is 6.18. The molecular formula is C13H16BrNO4. The molecule has 0 saturated heterocycles. The quantitative estimate of drug-likeness (QED) is 0.654. The highest BCUT2D eigenvalue weighted by Gasteiger charge is 2.47. The lowest BCUT2D eigenvalue weighted by molar-refractivity contribution is -0.169. The average Bonchev–Trinajstić information content (AvgIpc) is 2.26. The molecule has 0 aliphatic heterocycles. The highest BCUT2D eigenvalue weighted by atomic mass is 79.9. The Bertz CT molecular complexity index is 492. The first kappa shape index (κ1) is 15.7. The minimum absolute atomic E-state index is 0.164. The van der Waals surface area contributed by atoms with E-state index >= 15 is 0 Å². The predicted octanol–water partition coefficient (Wildman–Crippen LogP) is 2.03. The third kappa shape index (κ3) is 3.54. The topological polar surface area (TPSA) is 89.6 Å². The zero-order chi connectivity index (χ0) is 14.8. The van der Waals surface area contributed by atoms with Crippen molar-refractivity contribution in [3.05, 3.63) is 34.3 Å². The standard InChI is InChI=1S/C13H16BrNO4/c1-12(2,3)19-11(18)13(15,10(16)17)8-4-6-9(14)7-5-8/h4-7H,15H2,1-3H3,(H,16,17)/t13-/m1/s1. The fraction of sp³-hybridized carbons (Fsp3) is 0.385. The van der Waals surface area contributed by atoms with Gasteiger partial charge in [-0.3, -0.25) is 0 Å². The highest BCUT2D eigenvalue weighted by molar-refractivity contribution is 9.10. The second-order valence-corrected chi connectivity index (χ2v) is 6.04. The monoisotopic (exact) mass is 329 g/mol. The summed E-state index contributed by atoms with van der Waals surface area (Å²) in [5, 5.41) is 9.28. The Labute approximate surface area is 119 Å². The third-order valence-corrected chi connectivity index (χ3v) is 2.89. The van der Waals surface area contributed by atoms with E-state index in [9.17, 15) is 14.7 Å². The molecule has 0 bridgehead atoms. The Morgan fingerprint density at radius 3 is 2.05 bits per heavy atom. The van der Waals surface area contributed by atoms with E-state index < -0.39 is 23.1 Å². The van der Waals surface area contributed by atoms with Crippen LogP contribution in [0.1, 0.15) is 26.3 Å². The van der Waals surface area contributed by atoms with Gasteiger partial charge in [0.1, 0.15) is 5.60 Å². The molecule has 1 atom stereocenters. The Balaban J connectivity index is 3.21.